The number of esters is 1. The first-order valence-electron chi connectivity index (χ1n) is 6.20. The first-order chi connectivity index (χ1) is 10.1. The molecule has 0 spiro atoms. The number of nitrogens with two attached hydrogens (primary N) is 1. The zero-order valence-corrected chi connectivity index (χ0v) is 12.3. The SMILES string of the molecule is C=CCOC(=O)C1=C(C)OC(N)=C(C#N)[C@H]1c1cccs1. The van der Waals surface area contributed by atoms with Gasteiger partial charge in [0, 0.05) is 4.88 Å². The number of thiophene rings is 1. The lowest BCUT2D eigenvalue weighted by Gasteiger charge is -2.25. The van der Waals surface area contributed by atoms with Crippen molar-refractivity contribution in [1.29, 1.82) is 5.26 Å². The fourth-order valence-electron chi connectivity index (χ4n) is 2.10. The minimum absolute atomic E-state index is 0.0219. The summed E-state index contributed by atoms with van der Waals surface area (Å²) in [5.41, 5.74) is 6.29. The first kappa shape index (κ1) is 14.9. The van der Waals surface area contributed by atoms with Crippen LogP contribution in [0.3, 0.4) is 0 Å². The Morgan fingerprint density at radius 1 is 1.71 bits per heavy atom. The Morgan fingerprint density at radius 3 is 3.05 bits per heavy atom. The van der Waals surface area contributed by atoms with Crippen molar-refractivity contribution < 1.29 is 14.3 Å². The summed E-state index contributed by atoms with van der Waals surface area (Å²) in [7, 11) is 0. The van der Waals surface area contributed by atoms with Crippen molar-refractivity contribution in [1.82, 2.24) is 0 Å². The van der Waals surface area contributed by atoms with E-state index >= 15 is 0 Å². The number of hydrogen-bond acceptors (Lipinski definition) is 6. The molecule has 1 aromatic rings. The highest BCUT2D eigenvalue weighted by molar-refractivity contribution is 7.10. The van der Waals surface area contributed by atoms with Gasteiger partial charge in [0.15, 0.2) is 0 Å². The van der Waals surface area contributed by atoms with Crippen molar-refractivity contribution in [3.8, 4) is 6.07 Å². The third-order valence-electron chi connectivity index (χ3n) is 2.99. The molecule has 0 saturated heterocycles. The van der Waals surface area contributed by atoms with E-state index in [-0.39, 0.29) is 18.1 Å². The standard InChI is InChI=1S/C15H14N2O3S/c1-3-6-19-15(18)12-9(2)20-14(17)10(8-16)13(12)11-5-4-7-21-11/h3-5,7,13H,1,6,17H2,2H3/t13-/m0/s1. The number of carbonyl (C=O) groups excluding carboxylic acids is 1. The van der Waals surface area contributed by atoms with Crippen LogP contribution in [0, 0.1) is 11.3 Å². The molecule has 5 nitrogen and oxygen atoms in total. The van der Waals surface area contributed by atoms with Gasteiger partial charge in [-0.3, -0.25) is 0 Å². The van der Waals surface area contributed by atoms with Gasteiger partial charge in [-0.15, -0.1) is 11.3 Å². The molecule has 2 rings (SSSR count). The molecule has 1 aliphatic heterocycles. The second-order valence-electron chi connectivity index (χ2n) is 4.30. The second-order valence-corrected chi connectivity index (χ2v) is 5.28. The van der Waals surface area contributed by atoms with Crippen molar-refractivity contribution in [3.05, 3.63) is 57.8 Å². The van der Waals surface area contributed by atoms with E-state index in [9.17, 15) is 10.1 Å². The highest BCUT2D eigenvalue weighted by Crippen LogP contribution is 2.41. The molecule has 0 saturated carbocycles. The van der Waals surface area contributed by atoms with Crippen molar-refractivity contribution in [2.75, 3.05) is 6.61 Å². The molecule has 0 aliphatic carbocycles. The Bertz CT molecular complexity index is 666. The molecule has 2 heterocycles. The van der Waals surface area contributed by atoms with Gasteiger partial charge in [-0.2, -0.15) is 5.26 Å². The van der Waals surface area contributed by atoms with E-state index in [1.54, 1.807) is 6.92 Å². The van der Waals surface area contributed by atoms with Gasteiger partial charge in [-0.25, -0.2) is 4.79 Å². The van der Waals surface area contributed by atoms with Gasteiger partial charge in [0.25, 0.3) is 0 Å². The number of allylic oxidation sites excluding steroid dienone is 2. The van der Waals surface area contributed by atoms with Gasteiger partial charge in [0.1, 0.15) is 24.0 Å². The Hall–Kier alpha value is -2.52. The van der Waals surface area contributed by atoms with Crippen molar-refractivity contribution >= 4 is 17.3 Å². The largest absolute Gasteiger partial charge is 0.458 e. The first-order valence-corrected chi connectivity index (χ1v) is 7.07. The molecule has 0 aromatic carbocycles. The minimum atomic E-state index is -0.555. The van der Waals surface area contributed by atoms with Gasteiger partial charge in [-0.05, 0) is 18.4 Å². The van der Waals surface area contributed by atoms with Crippen LogP contribution in [0.5, 0.6) is 0 Å². The Labute approximate surface area is 126 Å². The monoisotopic (exact) mass is 302 g/mol. The maximum atomic E-state index is 12.3. The second kappa shape index (κ2) is 6.29. The van der Waals surface area contributed by atoms with E-state index in [2.05, 4.69) is 6.58 Å². The maximum Gasteiger partial charge on any atom is 0.338 e. The third kappa shape index (κ3) is 2.83. The van der Waals surface area contributed by atoms with Crippen molar-refractivity contribution in [2.24, 2.45) is 5.73 Å². The van der Waals surface area contributed by atoms with Crippen LogP contribution >= 0.6 is 11.3 Å². The normalized spacial score (nSPS) is 18.0. The van der Waals surface area contributed by atoms with E-state index < -0.39 is 11.9 Å². The van der Waals surface area contributed by atoms with Gasteiger partial charge >= 0.3 is 5.97 Å². The number of carbonyl (C=O) groups is 1. The van der Waals surface area contributed by atoms with Gasteiger partial charge in [0.05, 0.1) is 11.5 Å². The quantitative estimate of drug-likeness (QED) is 0.682. The van der Waals surface area contributed by atoms with Crippen LogP contribution in [0.15, 0.2) is 53.0 Å². The summed E-state index contributed by atoms with van der Waals surface area (Å²) in [5, 5.41) is 11.2. The lowest BCUT2D eigenvalue weighted by molar-refractivity contribution is -0.138. The van der Waals surface area contributed by atoms with Crippen LogP contribution in [0.1, 0.15) is 17.7 Å². The molecule has 0 fully saturated rings. The van der Waals surface area contributed by atoms with E-state index in [0.29, 0.717) is 11.3 Å². The molecule has 1 aliphatic rings. The lowest BCUT2D eigenvalue weighted by Crippen LogP contribution is -2.25. The van der Waals surface area contributed by atoms with Gasteiger partial charge in [-0.1, -0.05) is 18.7 Å². The summed E-state index contributed by atoms with van der Waals surface area (Å²) in [5.74, 6) is -0.722. The summed E-state index contributed by atoms with van der Waals surface area (Å²) < 4.78 is 10.4. The zero-order chi connectivity index (χ0) is 15.4. The molecule has 2 N–H and O–H groups in total. The summed E-state index contributed by atoms with van der Waals surface area (Å²) in [6, 6.07) is 5.72. The minimum Gasteiger partial charge on any atom is -0.458 e. The van der Waals surface area contributed by atoms with Gasteiger partial charge in [0.2, 0.25) is 5.88 Å². The molecule has 108 valence electrons. The van der Waals surface area contributed by atoms with E-state index in [1.807, 2.05) is 23.6 Å². The highest BCUT2D eigenvalue weighted by atomic mass is 32.1. The Kier molecular flexibility index (Phi) is 4.45. The van der Waals surface area contributed by atoms with Crippen LogP contribution in [-0.2, 0) is 14.3 Å². The predicted octanol–water partition coefficient (Wildman–Crippen LogP) is 2.56. The molecule has 6 heteroatoms. The lowest BCUT2D eigenvalue weighted by atomic mass is 9.87. The maximum absolute atomic E-state index is 12.3. The van der Waals surface area contributed by atoms with Crippen molar-refractivity contribution in [2.45, 2.75) is 12.8 Å². The van der Waals surface area contributed by atoms with Crippen LogP contribution in [0.4, 0.5) is 0 Å². The fourth-order valence-corrected chi connectivity index (χ4v) is 2.94. The number of nitrogens with zero attached hydrogens (tertiary/aromatic N) is 1. The molecular weight excluding hydrogens is 288 g/mol. The summed E-state index contributed by atoms with van der Waals surface area (Å²) in [6.07, 6.45) is 1.48. The molecule has 0 radical (unpaired) electrons. The third-order valence-corrected chi connectivity index (χ3v) is 3.92. The van der Waals surface area contributed by atoms with E-state index in [0.717, 1.165) is 4.88 Å². The van der Waals surface area contributed by atoms with Crippen LogP contribution in [0.25, 0.3) is 0 Å². The van der Waals surface area contributed by atoms with E-state index in [1.165, 1.54) is 17.4 Å². The number of nitriles is 1. The Balaban J connectivity index is 2.49. The highest BCUT2D eigenvalue weighted by Gasteiger charge is 2.36. The van der Waals surface area contributed by atoms with Gasteiger partial charge < -0.3 is 15.2 Å². The van der Waals surface area contributed by atoms with Crippen LogP contribution in [0.2, 0.25) is 0 Å². The summed E-state index contributed by atoms with van der Waals surface area (Å²) in [6.45, 7) is 5.23. The smallest absolute Gasteiger partial charge is 0.338 e. The average Bonchev–Trinajstić information content (AvgIpc) is 2.97. The molecule has 0 bridgehead atoms. The molecule has 0 unspecified atom stereocenters. The molecule has 1 aromatic heterocycles. The average molecular weight is 302 g/mol. The predicted molar refractivity (Wildman–Crippen MR) is 78.8 cm³/mol. The van der Waals surface area contributed by atoms with E-state index in [4.69, 9.17) is 15.2 Å². The summed E-state index contributed by atoms with van der Waals surface area (Å²) >= 11 is 1.44. The fraction of sp³-hybridized carbons (Fsp3) is 0.200. The molecule has 21 heavy (non-hydrogen) atoms. The number of rotatable bonds is 4. The van der Waals surface area contributed by atoms with Crippen LogP contribution in [-0.4, -0.2) is 12.6 Å². The van der Waals surface area contributed by atoms with Crippen LogP contribution < -0.4 is 5.73 Å². The van der Waals surface area contributed by atoms with Crippen molar-refractivity contribution in [3.63, 3.8) is 0 Å². The molecule has 1 atom stereocenters. The Morgan fingerprint density at radius 2 is 2.48 bits per heavy atom. The summed E-state index contributed by atoms with van der Waals surface area (Å²) in [4.78, 5) is 13.1. The topological polar surface area (TPSA) is 85.3 Å². The number of ether oxygens (including phenoxy) is 2. The number of hydrogen-bond donors (Lipinski definition) is 1. The molecular formula is C15H14N2O3S. The molecule has 0 amide bonds. The zero-order valence-electron chi connectivity index (χ0n) is 11.5.